The van der Waals surface area contributed by atoms with Crippen molar-refractivity contribution in [1.29, 1.82) is 0 Å². The molecule has 7 heteroatoms. The van der Waals surface area contributed by atoms with Crippen molar-refractivity contribution < 1.29 is 4.52 Å². The van der Waals surface area contributed by atoms with E-state index >= 15 is 0 Å². The van der Waals surface area contributed by atoms with E-state index in [-0.39, 0.29) is 11.1 Å². The van der Waals surface area contributed by atoms with Gasteiger partial charge in [-0.3, -0.25) is 4.00 Å². The number of hydrogen-bond donors (Lipinski definition) is 0. The molecule has 0 saturated heterocycles. The molecule has 0 aliphatic rings. The van der Waals surface area contributed by atoms with Crippen molar-refractivity contribution in [3.05, 3.63) is 0 Å². The molecule has 3 nitrogen and oxygen atoms in total. The summed E-state index contributed by atoms with van der Waals surface area (Å²) >= 11 is 4.01. The van der Waals surface area contributed by atoms with Gasteiger partial charge >= 0.3 is 0 Å². The zero-order valence-electron chi connectivity index (χ0n) is 16.1. The molecule has 0 aromatic carbocycles. The van der Waals surface area contributed by atoms with Crippen LogP contribution in [0.2, 0.25) is 39.3 Å². The Morgan fingerprint density at radius 3 is 1.38 bits per heavy atom. The smallest absolute Gasteiger partial charge is 0.208 e. The lowest BCUT2D eigenvalue weighted by Gasteiger charge is -2.50. The summed E-state index contributed by atoms with van der Waals surface area (Å²) in [6.45, 7) is 27.2. The van der Waals surface area contributed by atoms with Crippen molar-refractivity contribution in [1.82, 2.24) is 4.00 Å². The highest BCUT2D eigenvalue weighted by Crippen LogP contribution is 2.68. The van der Waals surface area contributed by atoms with Gasteiger partial charge in [-0.2, -0.15) is 0 Å². The van der Waals surface area contributed by atoms with Gasteiger partial charge in [-0.25, -0.2) is 4.74 Å². The van der Waals surface area contributed by atoms with Crippen LogP contribution in [0.1, 0.15) is 41.5 Å². The highest BCUT2D eigenvalue weighted by Gasteiger charge is 2.46. The zero-order valence-corrected chi connectivity index (χ0v) is 20.6. The predicted octanol–water partition coefficient (Wildman–Crippen LogP) is 6.91. The van der Waals surface area contributed by atoms with E-state index in [0.717, 1.165) is 0 Å². The molecule has 0 aromatic rings. The standard InChI is InChI=1S/C14H36BrN2OPSi2/c1-13(2,3)16-19(15,18-14(4,5)6)17(20(7,8)9)21(10,11)12/h1-12H3. The summed E-state index contributed by atoms with van der Waals surface area (Å²) < 4.78 is 14.4. The molecule has 0 saturated carbocycles. The monoisotopic (exact) mass is 414 g/mol. The molecule has 0 spiro atoms. The van der Waals surface area contributed by atoms with Crippen molar-refractivity contribution in [2.75, 3.05) is 0 Å². The molecule has 0 amide bonds. The Kier molecular flexibility index (Phi) is 6.85. The molecule has 0 heterocycles. The molecule has 0 aromatic heterocycles. The lowest BCUT2D eigenvalue weighted by molar-refractivity contribution is 0.146. The van der Waals surface area contributed by atoms with Gasteiger partial charge in [-0.05, 0) is 41.5 Å². The second-order valence-electron chi connectivity index (χ2n) is 9.60. The van der Waals surface area contributed by atoms with Crippen LogP contribution in [0.25, 0.3) is 0 Å². The molecule has 0 aliphatic carbocycles. The molecule has 128 valence electrons. The van der Waals surface area contributed by atoms with Gasteiger partial charge in [0.15, 0.2) is 0 Å². The number of nitrogens with zero attached hydrogens (tertiary/aromatic N) is 2. The topological polar surface area (TPSA) is 24.8 Å². The molecule has 0 N–H and O–H groups in total. The molecule has 21 heavy (non-hydrogen) atoms. The van der Waals surface area contributed by atoms with Gasteiger partial charge in [0.2, 0.25) is 6.13 Å². The minimum atomic E-state index is -2.17. The lowest BCUT2D eigenvalue weighted by atomic mass is 10.1. The Bertz CT molecular complexity index is 401. The molecule has 0 rings (SSSR count). The third kappa shape index (κ3) is 7.93. The molecule has 0 radical (unpaired) electrons. The molecule has 0 bridgehead atoms. The van der Waals surface area contributed by atoms with Crippen LogP contribution < -0.4 is 0 Å². The Balaban J connectivity index is 6.30. The summed E-state index contributed by atoms with van der Waals surface area (Å²) in [5.74, 6) is 0. The van der Waals surface area contributed by atoms with Gasteiger partial charge in [0, 0.05) is 15.5 Å². The third-order valence-electron chi connectivity index (χ3n) is 2.33. The Hall–Kier alpha value is 1.06. The fourth-order valence-electron chi connectivity index (χ4n) is 2.57. The fraction of sp³-hybridized carbons (Fsp3) is 1.00. The van der Waals surface area contributed by atoms with Crippen molar-refractivity contribution in [2.45, 2.75) is 92.0 Å². The van der Waals surface area contributed by atoms with Gasteiger partial charge in [0.25, 0.3) is 0 Å². The summed E-state index contributed by atoms with van der Waals surface area (Å²) in [4.78, 5) is 0. The highest BCUT2D eigenvalue weighted by molar-refractivity contribution is 9.40. The first-order chi connectivity index (χ1) is 8.78. The normalized spacial score (nSPS) is 17.8. The Morgan fingerprint density at radius 1 is 0.857 bits per heavy atom. The summed E-state index contributed by atoms with van der Waals surface area (Å²) in [5, 5.41) is 0. The first-order valence-electron chi connectivity index (χ1n) is 7.63. The van der Waals surface area contributed by atoms with E-state index in [9.17, 15) is 0 Å². The fourth-order valence-corrected chi connectivity index (χ4v) is 30.0. The van der Waals surface area contributed by atoms with E-state index in [1.54, 1.807) is 0 Å². The zero-order chi connectivity index (χ0) is 17.5. The second kappa shape index (κ2) is 6.52. The van der Waals surface area contributed by atoms with Gasteiger partial charge in [0.1, 0.15) is 16.5 Å². The summed E-state index contributed by atoms with van der Waals surface area (Å²) in [6.07, 6.45) is -2.17. The lowest BCUT2D eigenvalue weighted by Crippen LogP contribution is -2.56. The average Bonchev–Trinajstić information content (AvgIpc) is 1.83. The van der Waals surface area contributed by atoms with Gasteiger partial charge in [-0.15, -0.1) is 0 Å². The average molecular weight is 416 g/mol. The highest BCUT2D eigenvalue weighted by atomic mass is 79.9. The molecule has 1 atom stereocenters. The largest absolute Gasteiger partial charge is 0.320 e. The Labute approximate surface area is 143 Å². The SMILES string of the molecule is CC(C)(C)N=P(Br)(OC(C)(C)C)N([Si](C)(C)C)[Si](C)(C)C. The van der Waals surface area contributed by atoms with E-state index in [4.69, 9.17) is 9.27 Å². The maximum absolute atomic E-state index is 6.57. The Morgan fingerprint density at radius 2 is 1.19 bits per heavy atom. The van der Waals surface area contributed by atoms with Crippen molar-refractivity contribution in [3.63, 3.8) is 0 Å². The summed E-state index contributed by atoms with van der Waals surface area (Å²) in [5.41, 5.74) is -0.344. The van der Waals surface area contributed by atoms with Crippen molar-refractivity contribution >= 4 is 38.1 Å². The van der Waals surface area contributed by atoms with Gasteiger partial charge < -0.3 is 4.52 Å². The minimum absolute atomic E-state index is 0.125. The molecule has 0 fully saturated rings. The summed E-state index contributed by atoms with van der Waals surface area (Å²) in [7, 11) is -3.16. The quantitative estimate of drug-likeness (QED) is 0.368. The second-order valence-corrected chi connectivity index (χ2v) is 24.9. The van der Waals surface area contributed by atoms with Crippen LogP contribution in [0.4, 0.5) is 0 Å². The van der Waals surface area contributed by atoms with Gasteiger partial charge in [0.05, 0.1) is 11.1 Å². The number of halogens is 1. The van der Waals surface area contributed by atoms with Crippen LogP contribution in [0.15, 0.2) is 4.74 Å². The van der Waals surface area contributed by atoms with E-state index in [1.807, 2.05) is 0 Å². The summed E-state index contributed by atoms with van der Waals surface area (Å²) in [6, 6.07) is 0. The maximum Gasteiger partial charge on any atom is 0.208 e. The van der Waals surface area contributed by atoms with Gasteiger partial charge in [-0.1, -0.05) is 39.3 Å². The van der Waals surface area contributed by atoms with Crippen LogP contribution in [0.5, 0.6) is 0 Å². The molecule has 1 unspecified atom stereocenters. The first-order valence-corrected chi connectivity index (χ1v) is 18.2. The van der Waals surface area contributed by atoms with Crippen LogP contribution in [-0.4, -0.2) is 31.6 Å². The van der Waals surface area contributed by atoms with E-state index in [1.165, 1.54) is 0 Å². The molecule has 0 aliphatic heterocycles. The van der Waals surface area contributed by atoms with E-state index < -0.39 is 22.6 Å². The number of rotatable bonds is 4. The van der Waals surface area contributed by atoms with E-state index in [2.05, 4.69) is 100 Å². The van der Waals surface area contributed by atoms with E-state index in [0.29, 0.717) is 0 Å². The van der Waals surface area contributed by atoms with Crippen LogP contribution in [0.3, 0.4) is 0 Å². The molecular formula is C14H36BrN2OPSi2. The minimum Gasteiger partial charge on any atom is -0.320 e. The van der Waals surface area contributed by atoms with Crippen LogP contribution in [0, 0.1) is 0 Å². The van der Waals surface area contributed by atoms with Crippen molar-refractivity contribution in [3.8, 4) is 0 Å². The maximum atomic E-state index is 6.57. The first kappa shape index (κ1) is 22.1. The predicted molar refractivity (Wildman–Crippen MR) is 107 cm³/mol. The molecular weight excluding hydrogens is 379 g/mol. The van der Waals surface area contributed by atoms with Crippen molar-refractivity contribution in [2.24, 2.45) is 4.74 Å². The van der Waals surface area contributed by atoms with Crippen LogP contribution in [-0.2, 0) is 4.52 Å². The van der Waals surface area contributed by atoms with Crippen LogP contribution >= 0.6 is 21.6 Å². The third-order valence-corrected chi connectivity index (χ3v) is 19.9. The number of hydrogen-bond acceptors (Lipinski definition) is 2.